The highest BCUT2D eigenvalue weighted by Gasteiger charge is 2.25. The number of carboxylic acid groups (broad SMARTS) is 1. The number of carbonyl (C=O) groups excluding carboxylic acids is 1. The Labute approximate surface area is 83.9 Å². The summed E-state index contributed by atoms with van der Waals surface area (Å²) in [5, 5.41) is 8.56. The van der Waals surface area contributed by atoms with Crippen molar-refractivity contribution in [2.75, 3.05) is 13.6 Å². The van der Waals surface area contributed by atoms with Gasteiger partial charge in [0.2, 0.25) is 0 Å². The van der Waals surface area contributed by atoms with Gasteiger partial charge in [0, 0.05) is 12.8 Å². The molecule has 14 heavy (non-hydrogen) atoms. The van der Waals surface area contributed by atoms with Crippen LogP contribution in [-0.4, -0.2) is 41.4 Å². The third-order valence-electron chi connectivity index (χ3n) is 2.72. The second-order valence-electron chi connectivity index (χ2n) is 3.85. The minimum Gasteiger partial charge on any atom is -0.481 e. The average molecular weight is 199 g/mol. The second-order valence-corrected chi connectivity index (χ2v) is 3.85. The fraction of sp³-hybridized carbons (Fsp3) is 0.800. The van der Waals surface area contributed by atoms with Gasteiger partial charge in [-0.3, -0.25) is 14.5 Å². The van der Waals surface area contributed by atoms with Gasteiger partial charge in [0.1, 0.15) is 5.78 Å². The smallest absolute Gasteiger partial charge is 0.303 e. The largest absolute Gasteiger partial charge is 0.481 e. The molecule has 0 aromatic heterocycles. The number of likely N-dealkylation sites (N-methyl/N-ethyl adjacent to an activating group) is 1. The fourth-order valence-electron chi connectivity index (χ4n) is 1.87. The first kappa shape index (κ1) is 11.2. The van der Waals surface area contributed by atoms with Crippen LogP contribution in [0.5, 0.6) is 0 Å². The van der Waals surface area contributed by atoms with Crippen LogP contribution in [0.15, 0.2) is 0 Å². The van der Waals surface area contributed by atoms with Crippen LogP contribution in [0.4, 0.5) is 0 Å². The van der Waals surface area contributed by atoms with Crippen molar-refractivity contribution in [3.63, 3.8) is 0 Å². The van der Waals surface area contributed by atoms with Crippen LogP contribution in [0.3, 0.4) is 0 Å². The summed E-state index contributed by atoms with van der Waals surface area (Å²) in [5.41, 5.74) is 0. The number of carboxylic acids is 1. The molecule has 0 radical (unpaired) electrons. The highest BCUT2D eigenvalue weighted by Crippen LogP contribution is 2.15. The van der Waals surface area contributed by atoms with Crippen LogP contribution in [0.1, 0.15) is 32.1 Å². The number of hydrogen-bond donors (Lipinski definition) is 1. The lowest BCUT2D eigenvalue weighted by Gasteiger charge is -2.23. The molecule has 0 aromatic carbocycles. The SMILES string of the molecule is CN1CCCCC(=O)C1CCC(=O)O. The zero-order chi connectivity index (χ0) is 10.6. The number of carbonyl (C=O) groups is 2. The molecule has 1 N–H and O–H groups in total. The molecular formula is C10H17NO3. The molecule has 1 aliphatic heterocycles. The first-order valence-electron chi connectivity index (χ1n) is 5.06. The lowest BCUT2D eigenvalue weighted by molar-refractivity contribution is -0.137. The van der Waals surface area contributed by atoms with Gasteiger partial charge in [-0.25, -0.2) is 0 Å². The van der Waals surface area contributed by atoms with Crippen LogP contribution in [0.2, 0.25) is 0 Å². The van der Waals surface area contributed by atoms with Gasteiger partial charge >= 0.3 is 5.97 Å². The number of rotatable bonds is 3. The van der Waals surface area contributed by atoms with Crippen molar-refractivity contribution in [1.29, 1.82) is 0 Å². The van der Waals surface area contributed by atoms with Gasteiger partial charge in [-0.1, -0.05) is 0 Å². The molecule has 1 fully saturated rings. The van der Waals surface area contributed by atoms with E-state index in [-0.39, 0.29) is 18.2 Å². The molecule has 80 valence electrons. The summed E-state index contributed by atoms with van der Waals surface area (Å²) in [6.45, 7) is 0.899. The van der Waals surface area contributed by atoms with Crippen LogP contribution in [0, 0.1) is 0 Å². The van der Waals surface area contributed by atoms with Crippen molar-refractivity contribution in [1.82, 2.24) is 4.90 Å². The molecule has 0 bridgehead atoms. The minimum atomic E-state index is -0.824. The van der Waals surface area contributed by atoms with Gasteiger partial charge < -0.3 is 5.11 Å². The third kappa shape index (κ3) is 3.10. The Morgan fingerprint density at radius 2 is 2.29 bits per heavy atom. The van der Waals surface area contributed by atoms with Gasteiger partial charge in [-0.05, 0) is 32.9 Å². The summed E-state index contributed by atoms with van der Waals surface area (Å²) in [6.07, 6.45) is 3.11. The maximum Gasteiger partial charge on any atom is 0.303 e. The summed E-state index contributed by atoms with van der Waals surface area (Å²) in [6, 6.07) is -0.173. The molecule has 0 saturated carbocycles. The van der Waals surface area contributed by atoms with E-state index in [1.807, 2.05) is 11.9 Å². The zero-order valence-electron chi connectivity index (χ0n) is 8.53. The average Bonchev–Trinajstić information content (AvgIpc) is 2.25. The Bertz CT molecular complexity index is 227. The van der Waals surface area contributed by atoms with E-state index >= 15 is 0 Å². The quantitative estimate of drug-likeness (QED) is 0.733. The molecule has 1 unspecified atom stereocenters. The predicted octanol–water partition coefficient (Wildman–Crippen LogP) is 0.905. The van der Waals surface area contributed by atoms with Crippen LogP contribution < -0.4 is 0 Å². The van der Waals surface area contributed by atoms with E-state index in [4.69, 9.17) is 5.11 Å². The molecule has 1 atom stereocenters. The van der Waals surface area contributed by atoms with Gasteiger partial charge in [-0.15, -0.1) is 0 Å². The zero-order valence-corrected chi connectivity index (χ0v) is 8.53. The highest BCUT2D eigenvalue weighted by atomic mass is 16.4. The van der Waals surface area contributed by atoms with Crippen molar-refractivity contribution >= 4 is 11.8 Å². The molecule has 0 aromatic rings. The maximum absolute atomic E-state index is 11.6. The van der Waals surface area contributed by atoms with E-state index in [1.165, 1.54) is 0 Å². The van der Waals surface area contributed by atoms with Crippen molar-refractivity contribution < 1.29 is 14.7 Å². The molecular weight excluding hydrogens is 182 g/mol. The van der Waals surface area contributed by atoms with Gasteiger partial charge in [0.05, 0.1) is 6.04 Å². The number of hydrogen-bond acceptors (Lipinski definition) is 3. The van der Waals surface area contributed by atoms with E-state index in [2.05, 4.69) is 0 Å². The Balaban J connectivity index is 2.51. The fourth-order valence-corrected chi connectivity index (χ4v) is 1.87. The van der Waals surface area contributed by atoms with Crippen molar-refractivity contribution in [2.24, 2.45) is 0 Å². The summed E-state index contributed by atoms with van der Waals surface area (Å²) in [4.78, 5) is 24.0. The number of ketones is 1. The lowest BCUT2D eigenvalue weighted by atomic mass is 10.0. The van der Waals surface area contributed by atoms with Crippen molar-refractivity contribution in [3.05, 3.63) is 0 Å². The van der Waals surface area contributed by atoms with Gasteiger partial charge in [0.15, 0.2) is 0 Å². The normalized spacial score (nSPS) is 24.6. The Hall–Kier alpha value is -0.900. The van der Waals surface area contributed by atoms with E-state index < -0.39 is 5.97 Å². The molecule has 0 amide bonds. The molecule has 1 aliphatic rings. The summed E-state index contributed by atoms with van der Waals surface area (Å²) >= 11 is 0. The van der Waals surface area contributed by atoms with Crippen LogP contribution in [0.25, 0.3) is 0 Å². The van der Waals surface area contributed by atoms with E-state index in [0.717, 1.165) is 19.4 Å². The standard InChI is InChI=1S/C10H17NO3/c1-11-7-3-2-4-9(12)8(11)5-6-10(13)14/h8H,2-7H2,1H3,(H,13,14). The van der Waals surface area contributed by atoms with Gasteiger partial charge in [0.25, 0.3) is 0 Å². The van der Waals surface area contributed by atoms with Gasteiger partial charge in [-0.2, -0.15) is 0 Å². The highest BCUT2D eigenvalue weighted by molar-refractivity contribution is 5.84. The first-order chi connectivity index (χ1) is 6.61. The number of likely N-dealkylation sites (tertiary alicyclic amines) is 1. The van der Waals surface area contributed by atoms with Crippen molar-refractivity contribution in [3.8, 4) is 0 Å². The predicted molar refractivity (Wildman–Crippen MR) is 52.1 cm³/mol. The first-order valence-corrected chi connectivity index (χ1v) is 5.06. The summed E-state index contributed by atoms with van der Waals surface area (Å²) in [5.74, 6) is -0.623. The number of nitrogens with zero attached hydrogens (tertiary/aromatic N) is 1. The molecule has 4 nitrogen and oxygen atoms in total. The topological polar surface area (TPSA) is 57.6 Å². The monoisotopic (exact) mass is 199 g/mol. The van der Waals surface area contributed by atoms with E-state index in [9.17, 15) is 9.59 Å². The summed E-state index contributed by atoms with van der Waals surface area (Å²) in [7, 11) is 1.90. The number of Topliss-reactive ketones (excluding diaryl/α,β-unsaturated/α-hetero) is 1. The molecule has 0 spiro atoms. The Kier molecular flexibility index (Phi) is 4.07. The lowest BCUT2D eigenvalue weighted by Crippen LogP contribution is -2.37. The molecule has 4 heteroatoms. The third-order valence-corrected chi connectivity index (χ3v) is 2.72. The molecule has 1 saturated heterocycles. The maximum atomic E-state index is 11.6. The minimum absolute atomic E-state index is 0.0841. The molecule has 0 aliphatic carbocycles. The number of aliphatic carboxylic acids is 1. The summed E-state index contributed by atoms with van der Waals surface area (Å²) < 4.78 is 0. The van der Waals surface area contributed by atoms with E-state index in [1.54, 1.807) is 0 Å². The van der Waals surface area contributed by atoms with Crippen LogP contribution in [-0.2, 0) is 9.59 Å². The molecule has 1 rings (SSSR count). The van der Waals surface area contributed by atoms with Crippen LogP contribution >= 0.6 is 0 Å². The molecule has 1 heterocycles. The Morgan fingerprint density at radius 3 is 2.93 bits per heavy atom. The Morgan fingerprint density at radius 1 is 1.57 bits per heavy atom. The van der Waals surface area contributed by atoms with E-state index in [0.29, 0.717) is 12.8 Å². The van der Waals surface area contributed by atoms with Crippen molar-refractivity contribution in [2.45, 2.75) is 38.1 Å². The second kappa shape index (κ2) is 5.10.